The summed E-state index contributed by atoms with van der Waals surface area (Å²) in [6, 6.07) is 0. The van der Waals surface area contributed by atoms with Crippen molar-refractivity contribution >= 4 is 11.8 Å². The normalized spacial score (nSPS) is 18.9. The molecule has 1 fully saturated rings. The second-order valence-electron chi connectivity index (χ2n) is 5.57. The second kappa shape index (κ2) is 5.74. The van der Waals surface area contributed by atoms with Gasteiger partial charge in [0.25, 0.3) is 0 Å². The van der Waals surface area contributed by atoms with Crippen LogP contribution >= 0.6 is 0 Å². The Morgan fingerprint density at radius 1 is 1.32 bits per heavy atom. The highest BCUT2D eigenvalue weighted by Gasteiger charge is 2.37. The Hall–Kier alpha value is -1.36. The van der Waals surface area contributed by atoms with E-state index in [0.717, 1.165) is 36.9 Å². The van der Waals surface area contributed by atoms with Crippen LogP contribution in [0.5, 0.6) is 0 Å². The van der Waals surface area contributed by atoms with Crippen molar-refractivity contribution in [3.05, 3.63) is 11.3 Å². The Kier molecular flexibility index (Phi) is 4.24. The largest absolute Gasteiger partial charge is 0.338 e. The molecule has 1 saturated carbocycles. The summed E-state index contributed by atoms with van der Waals surface area (Å²) in [6.45, 7) is 4.15. The lowest BCUT2D eigenvalue weighted by atomic mass is 9.79. The zero-order chi connectivity index (χ0) is 13.9. The van der Waals surface area contributed by atoms with Gasteiger partial charge in [-0.05, 0) is 26.7 Å². The number of carbonyl (C=O) groups excluding carboxylic acids is 1. The number of anilines is 1. The van der Waals surface area contributed by atoms with Gasteiger partial charge in [0.05, 0.1) is 11.1 Å². The minimum Gasteiger partial charge on any atom is -0.338 e. The molecule has 5 nitrogen and oxygen atoms in total. The third kappa shape index (κ3) is 2.81. The Bertz CT molecular complexity index is 446. The molecular weight excluding hydrogens is 242 g/mol. The van der Waals surface area contributed by atoms with Gasteiger partial charge in [-0.25, -0.2) is 0 Å². The van der Waals surface area contributed by atoms with Crippen molar-refractivity contribution in [3.8, 4) is 0 Å². The van der Waals surface area contributed by atoms with Crippen LogP contribution in [0.3, 0.4) is 0 Å². The molecule has 0 aromatic carbocycles. The van der Waals surface area contributed by atoms with E-state index in [1.807, 2.05) is 13.8 Å². The number of aromatic nitrogens is 1. The van der Waals surface area contributed by atoms with Crippen molar-refractivity contribution in [1.82, 2.24) is 5.16 Å². The molecule has 0 aliphatic heterocycles. The molecule has 0 unspecified atom stereocenters. The van der Waals surface area contributed by atoms with Gasteiger partial charge in [0.2, 0.25) is 11.8 Å². The standard InChI is InChI=1S/C14H23N3O2/c1-10-11(2)17-19-12(10)16-13(18)14(9-15)7-5-3-4-6-8-14/h3-9,15H2,1-2H3,(H,16,18). The average molecular weight is 265 g/mol. The summed E-state index contributed by atoms with van der Waals surface area (Å²) < 4.78 is 5.15. The van der Waals surface area contributed by atoms with Crippen molar-refractivity contribution < 1.29 is 9.32 Å². The van der Waals surface area contributed by atoms with Gasteiger partial charge in [-0.3, -0.25) is 10.1 Å². The molecule has 0 saturated heterocycles. The smallest absolute Gasteiger partial charge is 0.234 e. The summed E-state index contributed by atoms with van der Waals surface area (Å²) >= 11 is 0. The molecule has 1 aromatic heterocycles. The molecule has 2 rings (SSSR count). The van der Waals surface area contributed by atoms with E-state index >= 15 is 0 Å². The minimum absolute atomic E-state index is 0.0175. The van der Waals surface area contributed by atoms with Gasteiger partial charge in [0.1, 0.15) is 0 Å². The van der Waals surface area contributed by atoms with Crippen LogP contribution in [-0.4, -0.2) is 17.6 Å². The number of hydrogen-bond donors (Lipinski definition) is 2. The first kappa shape index (κ1) is 14.1. The van der Waals surface area contributed by atoms with Gasteiger partial charge in [0.15, 0.2) is 0 Å². The summed E-state index contributed by atoms with van der Waals surface area (Å²) in [4.78, 5) is 12.6. The van der Waals surface area contributed by atoms with Crippen LogP contribution in [-0.2, 0) is 4.79 Å². The number of amides is 1. The summed E-state index contributed by atoms with van der Waals surface area (Å²) in [6.07, 6.45) is 6.24. The fraction of sp³-hybridized carbons (Fsp3) is 0.714. The molecular formula is C14H23N3O2. The first-order valence-corrected chi connectivity index (χ1v) is 7.03. The molecule has 1 aliphatic carbocycles. The lowest BCUT2D eigenvalue weighted by molar-refractivity contribution is -0.126. The zero-order valence-electron chi connectivity index (χ0n) is 11.8. The van der Waals surface area contributed by atoms with Crippen LogP contribution in [0, 0.1) is 19.3 Å². The first-order chi connectivity index (χ1) is 9.09. The highest BCUT2D eigenvalue weighted by Crippen LogP contribution is 2.35. The van der Waals surface area contributed by atoms with Gasteiger partial charge < -0.3 is 10.3 Å². The van der Waals surface area contributed by atoms with Gasteiger partial charge in [-0.15, -0.1) is 0 Å². The summed E-state index contributed by atoms with van der Waals surface area (Å²) in [5.74, 6) is 0.440. The quantitative estimate of drug-likeness (QED) is 0.823. The van der Waals surface area contributed by atoms with Gasteiger partial charge >= 0.3 is 0 Å². The van der Waals surface area contributed by atoms with E-state index in [1.165, 1.54) is 12.8 Å². The van der Waals surface area contributed by atoms with E-state index in [1.54, 1.807) is 0 Å². The summed E-state index contributed by atoms with van der Waals surface area (Å²) in [5.41, 5.74) is 7.14. The van der Waals surface area contributed by atoms with Gasteiger partial charge in [0, 0.05) is 12.1 Å². The molecule has 0 spiro atoms. The lowest BCUT2D eigenvalue weighted by Gasteiger charge is -2.29. The molecule has 1 aromatic rings. The molecule has 1 heterocycles. The molecule has 0 atom stereocenters. The molecule has 0 radical (unpaired) electrons. The Morgan fingerprint density at radius 3 is 2.42 bits per heavy atom. The lowest BCUT2D eigenvalue weighted by Crippen LogP contribution is -2.42. The molecule has 5 heteroatoms. The van der Waals surface area contributed by atoms with Crippen molar-refractivity contribution in [2.75, 3.05) is 11.9 Å². The van der Waals surface area contributed by atoms with Gasteiger partial charge in [-0.2, -0.15) is 0 Å². The zero-order valence-corrected chi connectivity index (χ0v) is 11.8. The van der Waals surface area contributed by atoms with Gasteiger partial charge in [-0.1, -0.05) is 30.8 Å². The monoisotopic (exact) mass is 265 g/mol. The van der Waals surface area contributed by atoms with E-state index in [0.29, 0.717) is 12.4 Å². The molecule has 0 bridgehead atoms. The van der Waals surface area contributed by atoms with E-state index in [9.17, 15) is 4.79 Å². The number of nitrogens with zero attached hydrogens (tertiary/aromatic N) is 1. The topological polar surface area (TPSA) is 81.2 Å². The Morgan fingerprint density at radius 2 is 1.95 bits per heavy atom. The van der Waals surface area contributed by atoms with Crippen LogP contribution in [0.4, 0.5) is 5.88 Å². The molecule has 3 N–H and O–H groups in total. The van der Waals surface area contributed by atoms with Crippen LogP contribution in [0.15, 0.2) is 4.52 Å². The maximum atomic E-state index is 12.6. The number of aryl methyl sites for hydroxylation is 1. The van der Waals surface area contributed by atoms with E-state index in [2.05, 4.69) is 10.5 Å². The number of nitrogens with two attached hydrogens (primary N) is 1. The van der Waals surface area contributed by atoms with Crippen molar-refractivity contribution in [2.45, 2.75) is 52.4 Å². The predicted molar refractivity (Wildman–Crippen MR) is 73.8 cm³/mol. The van der Waals surface area contributed by atoms with Crippen LogP contribution < -0.4 is 11.1 Å². The van der Waals surface area contributed by atoms with Crippen LogP contribution in [0.1, 0.15) is 49.8 Å². The molecule has 1 aliphatic rings. The predicted octanol–water partition coefficient (Wildman–Crippen LogP) is 2.53. The molecule has 106 valence electrons. The van der Waals surface area contributed by atoms with Crippen LogP contribution in [0.25, 0.3) is 0 Å². The number of nitrogens with one attached hydrogen (secondary N) is 1. The first-order valence-electron chi connectivity index (χ1n) is 7.03. The van der Waals surface area contributed by atoms with E-state index in [-0.39, 0.29) is 5.91 Å². The third-order valence-electron chi connectivity index (χ3n) is 4.32. The highest BCUT2D eigenvalue weighted by atomic mass is 16.5. The third-order valence-corrected chi connectivity index (χ3v) is 4.32. The van der Waals surface area contributed by atoms with Crippen molar-refractivity contribution in [2.24, 2.45) is 11.1 Å². The number of carbonyl (C=O) groups is 1. The van der Waals surface area contributed by atoms with Crippen molar-refractivity contribution in [3.63, 3.8) is 0 Å². The maximum absolute atomic E-state index is 12.6. The van der Waals surface area contributed by atoms with E-state index in [4.69, 9.17) is 10.3 Å². The minimum atomic E-state index is -0.441. The fourth-order valence-electron chi connectivity index (χ4n) is 2.70. The maximum Gasteiger partial charge on any atom is 0.234 e. The molecule has 1 amide bonds. The average Bonchev–Trinajstić information content (AvgIpc) is 2.64. The molecule has 19 heavy (non-hydrogen) atoms. The SMILES string of the molecule is Cc1noc(NC(=O)C2(CN)CCCCCC2)c1C. The van der Waals surface area contributed by atoms with Crippen molar-refractivity contribution in [1.29, 1.82) is 0 Å². The van der Waals surface area contributed by atoms with E-state index < -0.39 is 5.41 Å². The summed E-state index contributed by atoms with van der Waals surface area (Å²) in [7, 11) is 0. The van der Waals surface area contributed by atoms with Crippen LogP contribution in [0.2, 0.25) is 0 Å². The highest BCUT2D eigenvalue weighted by molar-refractivity contribution is 5.95. The summed E-state index contributed by atoms with van der Waals surface area (Å²) in [5, 5.41) is 6.73. The Balaban J connectivity index is 2.14. The number of rotatable bonds is 3. The Labute approximate surface area is 113 Å². The second-order valence-corrected chi connectivity index (χ2v) is 5.57. The number of hydrogen-bond acceptors (Lipinski definition) is 4. The fourth-order valence-corrected chi connectivity index (χ4v) is 2.70.